The number of benzene rings is 3. The lowest BCUT2D eigenvalue weighted by Gasteiger charge is -2.48. The maximum Gasteiger partial charge on any atom is 0.122 e. The van der Waals surface area contributed by atoms with Crippen molar-refractivity contribution >= 4 is 0 Å². The molecule has 4 nitrogen and oxygen atoms in total. The van der Waals surface area contributed by atoms with Gasteiger partial charge >= 0.3 is 0 Å². The van der Waals surface area contributed by atoms with Crippen LogP contribution < -0.4 is 10.1 Å². The van der Waals surface area contributed by atoms with E-state index in [1.165, 1.54) is 24.1 Å². The van der Waals surface area contributed by atoms with Gasteiger partial charge in [-0.15, -0.1) is 0 Å². The maximum absolute atomic E-state index is 10.2. The Morgan fingerprint density at radius 1 is 1.03 bits per heavy atom. The molecule has 0 unspecified atom stereocenters. The highest BCUT2D eigenvalue weighted by molar-refractivity contribution is 5.84. The van der Waals surface area contributed by atoms with Crippen molar-refractivity contribution in [1.29, 1.82) is 5.26 Å². The summed E-state index contributed by atoms with van der Waals surface area (Å²) in [6, 6.07) is 21.5. The molecule has 0 spiro atoms. The van der Waals surface area contributed by atoms with Gasteiger partial charge in [0.2, 0.25) is 0 Å². The van der Waals surface area contributed by atoms with Gasteiger partial charge in [0.1, 0.15) is 11.8 Å². The second-order valence-electron chi connectivity index (χ2n) is 10.4. The van der Waals surface area contributed by atoms with E-state index in [4.69, 9.17) is 4.74 Å². The molecule has 0 radical (unpaired) electrons. The Bertz CT molecular complexity index is 1270. The molecule has 4 heteroatoms. The molecule has 0 amide bonds. The van der Waals surface area contributed by atoms with E-state index >= 15 is 0 Å². The molecule has 5 rings (SSSR count). The third kappa shape index (κ3) is 4.72. The van der Waals surface area contributed by atoms with Crippen molar-refractivity contribution in [3.05, 3.63) is 76.9 Å². The maximum atomic E-state index is 10.2. The lowest BCUT2D eigenvalue weighted by atomic mass is 9.88. The highest BCUT2D eigenvalue weighted by Crippen LogP contribution is 2.37. The van der Waals surface area contributed by atoms with Crippen molar-refractivity contribution in [1.82, 2.24) is 10.2 Å². The van der Waals surface area contributed by atoms with Crippen LogP contribution in [0.5, 0.6) is 5.75 Å². The number of nitrogens with one attached hydrogen (secondary N) is 1. The van der Waals surface area contributed by atoms with Gasteiger partial charge in [0, 0.05) is 36.3 Å². The molecule has 0 aromatic heterocycles. The van der Waals surface area contributed by atoms with E-state index in [9.17, 15) is 5.26 Å². The molecular formula is C31H35N3O. The van der Waals surface area contributed by atoms with Gasteiger partial charge < -0.3 is 10.1 Å². The van der Waals surface area contributed by atoms with Crippen molar-refractivity contribution in [2.24, 2.45) is 0 Å². The molecule has 35 heavy (non-hydrogen) atoms. The fourth-order valence-electron chi connectivity index (χ4n) is 5.41. The van der Waals surface area contributed by atoms with Gasteiger partial charge in [0.05, 0.1) is 12.2 Å². The van der Waals surface area contributed by atoms with Gasteiger partial charge in [-0.2, -0.15) is 5.26 Å². The van der Waals surface area contributed by atoms with Crippen molar-refractivity contribution in [3.63, 3.8) is 0 Å². The zero-order chi connectivity index (χ0) is 24.4. The number of fused-ring (bicyclic) bond motifs is 1. The average molecular weight is 466 g/mol. The van der Waals surface area contributed by atoms with Gasteiger partial charge in [-0.3, -0.25) is 4.90 Å². The monoisotopic (exact) mass is 465 g/mol. The van der Waals surface area contributed by atoms with E-state index in [0.29, 0.717) is 12.1 Å². The summed E-state index contributed by atoms with van der Waals surface area (Å²) in [4.78, 5) is 2.53. The molecule has 2 aliphatic heterocycles. The van der Waals surface area contributed by atoms with E-state index in [1.807, 2.05) is 12.1 Å². The normalized spacial score (nSPS) is 16.7. The molecule has 3 aromatic carbocycles. The summed E-state index contributed by atoms with van der Waals surface area (Å²) >= 11 is 0. The summed E-state index contributed by atoms with van der Waals surface area (Å²) in [5, 5.41) is 13.7. The molecule has 2 heterocycles. The van der Waals surface area contributed by atoms with Gasteiger partial charge in [-0.05, 0) is 80.5 Å². The third-order valence-corrected chi connectivity index (χ3v) is 7.83. The fourth-order valence-corrected chi connectivity index (χ4v) is 5.41. The van der Waals surface area contributed by atoms with Crippen molar-refractivity contribution < 1.29 is 4.74 Å². The van der Waals surface area contributed by atoms with E-state index in [2.05, 4.69) is 79.5 Å². The van der Waals surface area contributed by atoms with Crippen LogP contribution in [0.3, 0.4) is 0 Å². The standard InChI is InChI=1S/C31H35N3O/c1-22-26(7-5-10-30(22)35-18-6-16-34-17-14-31(34,2)3)28-9-4-8-27(29(28)20-32)24-11-12-25-21-33-15-13-23(25)19-24/h4-5,7-12,19,33H,6,13-18,21H2,1-3H3. The lowest BCUT2D eigenvalue weighted by molar-refractivity contribution is 0.0123. The van der Waals surface area contributed by atoms with Crippen molar-refractivity contribution in [2.75, 3.05) is 26.2 Å². The molecule has 2 aliphatic rings. The molecule has 1 fully saturated rings. The van der Waals surface area contributed by atoms with Crippen LogP contribution >= 0.6 is 0 Å². The van der Waals surface area contributed by atoms with Crippen LogP contribution in [0.4, 0.5) is 0 Å². The second kappa shape index (κ2) is 9.85. The Hall–Kier alpha value is -3.13. The average Bonchev–Trinajstić information content (AvgIpc) is 2.88. The minimum Gasteiger partial charge on any atom is -0.493 e. The number of ether oxygens (including phenoxy) is 1. The number of rotatable bonds is 7. The summed E-state index contributed by atoms with van der Waals surface area (Å²) in [6.07, 6.45) is 3.32. The van der Waals surface area contributed by atoms with Crippen LogP contribution in [-0.2, 0) is 13.0 Å². The SMILES string of the molecule is Cc1c(OCCCN2CCC2(C)C)cccc1-c1cccc(-c2ccc3c(c2)CCNC3)c1C#N. The Morgan fingerprint density at radius 3 is 2.60 bits per heavy atom. The quantitative estimate of drug-likeness (QED) is 0.428. The highest BCUT2D eigenvalue weighted by atomic mass is 16.5. The first-order valence-electron chi connectivity index (χ1n) is 12.8. The van der Waals surface area contributed by atoms with Gasteiger partial charge in [0.25, 0.3) is 0 Å². The van der Waals surface area contributed by atoms with Crippen molar-refractivity contribution in [2.45, 2.75) is 52.1 Å². The van der Waals surface area contributed by atoms with Crippen LogP contribution in [0.25, 0.3) is 22.3 Å². The molecule has 1 saturated heterocycles. The predicted octanol–water partition coefficient (Wildman–Crippen LogP) is 6.10. The molecule has 3 aromatic rings. The van der Waals surface area contributed by atoms with Crippen LogP contribution in [0.1, 0.15) is 48.9 Å². The number of likely N-dealkylation sites (tertiary alicyclic amines) is 1. The number of nitriles is 1. The predicted molar refractivity (Wildman–Crippen MR) is 143 cm³/mol. The minimum absolute atomic E-state index is 0.337. The summed E-state index contributed by atoms with van der Waals surface area (Å²) in [6.45, 7) is 11.6. The Labute approximate surface area is 209 Å². The summed E-state index contributed by atoms with van der Waals surface area (Å²) in [5.74, 6) is 0.904. The molecule has 1 N–H and O–H groups in total. The lowest BCUT2D eigenvalue weighted by Crippen LogP contribution is -2.55. The molecule has 0 atom stereocenters. The number of nitrogens with zero attached hydrogens (tertiary/aromatic N) is 2. The Kier molecular flexibility index (Phi) is 6.65. The van der Waals surface area contributed by atoms with Crippen LogP contribution in [0.15, 0.2) is 54.6 Å². The summed E-state index contributed by atoms with van der Waals surface area (Å²) < 4.78 is 6.22. The summed E-state index contributed by atoms with van der Waals surface area (Å²) in [7, 11) is 0. The van der Waals surface area contributed by atoms with Gasteiger partial charge in [0.15, 0.2) is 0 Å². The molecule has 0 aliphatic carbocycles. The van der Waals surface area contributed by atoms with E-state index < -0.39 is 0 Å². The summed E-state index contributed by atoms with van der Waals surface area (Å²) in [5.41, 5.74) is 9.02. The molecular weight excluding hydrogens is 430 g/mol. The fraction of sp³-hybridized carbons (Fsp3) is 0.387. The Morgan fingerprint density at radius 2 is 1.83 bits per heavy atom. The van der Waals surface area contributed by atoms with Crippen LogP contribution in [0.2, 0.25) is 0 Å². The van der Waals surface area contributed by atoms with E-state index in [0.717, 1.165) is 71.6 Å². The van der Waals surface area contributed by atoms with E-state index in [-0.39, 0.29) is 0 Å². The third-order valence-electron chi connectivity index (χ3n) is 7.83. The van der Waals surface area contributed by atoms with Crippen LogP contribution in [0, 0.1) is 18.3 Å². The van der Waals surface area contributed by atoms with Crippen molar-refractivity contribution in [3.8, 4) is 34.1 Å². The first kappa shape index (κ1) is 23.6. The highest BCUT2D eigenvalue weighted by Gasteiger charge is 2.34. The number of hydrogen-bond acceptors (Lipinski definition) is 4. The smallest absolute Gasteiger partial charge is 0.122 e. The zero-order valence-electron chi connectivity index (χ0n) is 21.2. The molecule has 0 bridgehead atoms. The first-order chi connectivity index (χ1) is 17.0. The Balaban J connectivity index is 1.39. The van der Waals surface area contributed by atoms with Crippen LogP contribution in [-0.4, -0.2) is 36.7 Å². The first-order valence-corrected chi connectivity index (χ1v) is 12.8. The molecule has 180 valence electrons. The second-order valence-corrected chi connectivity index (χ2v) is 10.4. The van der Waals surface area contributed by atoms with Gasteiger partial charge in [-0.1, -0.05) is 48.5 Å². The van der Waals surface area contributed by atoms with Gasteiger partial charge in [-0.25, -0.2) is 0 Å². The zero-order valence-corrected chi connectivity index (χ0v) is 21.2. The minimum atomic E-state index is 0.337. The number of hydrogen-bond donors (Lipinski definition) is 1. The molecule has 0 saturated carbocycles. The largest absolute Gasteiger partial charge is 0.493 e. The van der Waals surface area contributed by atoms with E-state index in [1.54, 1.807) is 0 Å². The topological polar surface area (TPSA) is 48.3 Å².